The molecular formula is C23H17BrN2O2. The molecule has 4 nitrogen and oxygen atoms in total. The van der Waals surface area contributed by atoms with E-state index < -0.39 is 0 Å². The second kappa shape index (κ2) is 7.44. The van der Waals surface area contributed by atoms with E-state index in [4.69, 9.17) is 0 Å². The number of rotatable bonds is 4. The molecule has 0 aliphatic carbocycles. The third kappa shape index (κ3) is 3.25. The molecule has 3 aromatic carbocycles. The smallest absolute Gasteiger partial charge is 0.200 e. The molecule has 1 aliphatic rings. The topological polar surface area (TPSA) is 49.4 Å². The van der Waals surface area contributed by atoms with Crippen LogP contribution >= 0.6 is 16.1 Å². The summed E-state index contributed by atoms with van der Waals surface area (Å²) in [7, 11) is 0. The van der Waals surface area contributed by atoms with Gasteiger partial charge in [-0.05, 0) is 24.6 Å². The van der Waals surface area contributed by atoms with Crippen molar-refractivity contribution in [2.45, 2.75) is 6.92 Å². The first-order valence-electron chi connectivity index (χ1n) is 8.83. The zero-order valence-corrected chi connectivity index (χ0v) is 16.7. The number of hydrogen-bond donors (Lipinski definition) is 1. The van der Waals surface area contributed by atoms with Crippen LogP contribution in [0.3, 0.4) is 0 Å². The van der Waals surface area contributed by atoms with E-state index in [-0.39, 0.29) is 17.1 Å². The van der Waals surface area contributed by atoms with Crippen LogP contribution in [0.25, 0.3) is 0 Å². The van der Waals surface area contributed by atoms with Gasteiger partial charge in [-0.15, -0.1) is 0 Å². The van der Waals surface area contributed by atoms with Crippen LogP contribution in [0.2, 0.25) is 0 Å². The number of allylic oxidation sites excluding steroid dienone is 1. The number of carbonyl (C=O) groups excluding carboxylic acids is 2. The number of nitrogens with zero attached hydrogens (tertiary/aromatic N) is 1. The Morgan fingerprint density at radius 2 is 1.36 bits per heavy atom. The van der Waals surface area contributed by atoms with E-state index in [0.29, 0.717) is 16.9 Å². The molecular weight excluding hydrogens is 416 g/mol. The number of ketones is 2. The molecule has 0 unspecified atom stereocenters. The van der Waals surface area contributed by atoms with Gasteiger partial charge in [0, 0.05) is 11.1 Å². The largest absolute Gasteiger partial charge is 0.338 e. The molecule has 1 heterocycles. The Bertz CT molecular complexity index is 1040. The predicted octanol–water partition coefficient (Wildman–Crippen LogP) is 5.51. The fraction of sp³-hybridized carbons (Fsp3) is 0.0435. The lowest BCUT2D eigenvalue weighted by molar-refractivity contribution is 0.0961. The van der Waals surface area contributed by atoms with Gasteiger partial charge in [0.2, 0.25) is 11.6 Å². The normalized spacial score (nSPS) is 12.4. The maximum atomic E-state index is 13.3. The molecule has 0 saturated heterocycles. The van der Waals surface area contributed by atoms with E-state index >= 15 is 0 Å². The summed E-state index contributed by atoms with van der Waals surface area (Å²) in [6, 6.07) is 23.6. The van der Waals surface area contributed by atoms with Crippen LogP contribution in [0.1, 0.15) is 26.3 Å². The fourth-order valence-corrected chi connectivity index (χ4v) is 3.74. The maximum absolute atomic E-state index is 13.3. The molecule has 0 fully saturated rings. The highest BCUT2D eigenvalue weighted by Gasteiger charge is 2.32. The van der Waals surface area contributed by atoms with Crippen LogP contribution < -0.4 is 9.24 Å². The van der Waals surface area contributed by atoms with Crippen molar-refractivity contribution in [3.05, 3.63) is 107 Å². The van der Waals surface area contributed by atoms with Gasteiger partial charge in [-0.1, -0.05) is 66.7 Å². The highest BCUT2D eigenvalue weighted by Crippen LogP contribution is 2.41. The number of benzene rings is 3. The molecule has 0 atom stereocenters. The minimum atomic E-state index is -0.328. The van der Waals surface area contributed by atoms with E-state index in [1.165, 1.54) is 0 Å². The van der Waals surface area contributed by atoms with Crippen molar-refractivity contribution in [1.82, 2.24) is 0 Å². The van der Waals surface area contributed by atoms with Crippen molar-refractivity contribution < 1.29 is 9.59 Å². The lowest BCUT2D eigenvalue weighted by Crippen LogP contribution is -2.23. The number of anilines is 2. The van der Waals surface area contributed by atoms with Crippen LogP contribution in [0.5, 0.6) is 0 Å². The third-order valence-electron chi connectivity index (χ3n) is 4.58. The van der Waals surface area contributed by atoms with E-state index in [9.17, 15) is 9.59 Å². The number of aryl methyl sites for hydroxylation is 1. The summed E-state index contributed by atoms with van der Waals surface area (Å²) in [6.45, 7) is 1.99. The van der Waals surface area contributed by atoms with Gasteiger partial charge >= 0.3 is 0 Å². The zero-order chi connectivity index (χ0) is 19.7. The third-order valence-corrected chi connectivity index (χ3v) is 5.31. The molecule has 138 valence electrons. The Labute approximate surface area is 171 Å². The zero-order valence-electron chi connectivity index (χ0n) is 15.1. The van der Waals surface area contributed by atoms with Gasteiger partial charge in [0.25, 0.3) is 0 Å². The maximum Gasteiger partial charge on any atom is 0.200 e. The van der Waals surface area contributed by atoms with Gasteiger partial charge in [0.15, 0.2) is 0 Å². The number of Topliss-reactive ketones (excluding diaryl/α,β-unsaturated/α-hetero) is 2. The second-order valence-corrected chi connectivity index (χ2v) is 7.25. The molecule has 3 aromatic rings. The van der Waals surface area contributed by atoms with Crippen molar-refractivity contribution in [3.63, 3.8) is 0 Å². The molecule has 0 saturated carbocycles. The van der Waals surface area contributed by atoms with Gasteiger partial charge < -0.3 is 5.32 Å². The summed E-state index contributed by atoms with van der Waals surface area (Å²) in [6.07, 6.45) is 0. The standard InChI is InChI=1S/C23H17BrN2O2/c1-15-12-13-19-18(14-15)25-23(26(19)24)20(21(27)16-8-4-2-5-9-16)22(28)17-10-6-3-7-11-17/h2-14,25H,1H3. The fourth-order valence-electron chi connectivity index (χ4n) is 3.16. The quantitative estimate of drug-likeness (QED) is 0.194. The molecule has 1 N–H and O–H groups in total. The van der Waals surface area contributed by atoms with Crippen molar-refractivity contribution >= 4 is 39.1 Å². The molecule has 0 aromatic heterocycles. The lowest BCUT2D eigenvalue weighted by Gasteiger charge is -2.15. The van der Waals surface area contributed by atoms with E-state index in [2.05, 4.69) is 21.5 Å². The molecule has 4 rings (SSSR count). The summed E-state index contributed by atoms with van der Waals surface area (Å²) in [5.74, 6) is -0.236. The molecule has 1 aliphatic heterocycles. The Morgan fingerprint density at radius 1 is 0.821 bits per heavy atom. The van der Waals surface area contributed by atoms with Gasteiger partial charge in [0.1, 0.15) is 11.4 Å². The van der Waals surface area contributed by atoms with Crippen LogP contribution in [-0.2, 0) is 0 Å². The van der Waals surface area contributed by atoms with Gasteiger partial charge in [-0.3, -0.25) is 13.5 Å². The Kier molecular flexibility index (Phi) is 4.84. The van der Waals surface area contributed by atoms with E-state index in [1.54, 1.807) is 52.5 Å². The Morgan fingerprint density at radius 3 is 1.89 bits per heavy atom. The molecule has 0 bridgehead atoms. The lowest BCUT2D eigenvalue weighted by atomic mass is 9.95. The number of halogens is 1. The molecule has 0 radical (unpaired) electrons. The van der Waals surface area contributed by atoms with E-state index in [0.717, 1.165) is 16.9 Å². The van der Waals surface area contributed by atoms with Crippen molar-refractivity contribution in [3.8, 4) is 0 Å². The van der Waals surface area contributed by atoms with Gasteiger partial charge in [0.05, 0.1) is 27.5 Å². The highest BCUT2D eigenvalue weighted by atomic mass is 79.9. The SMILES string of the molecule is Cc1ccc2c(c1)NC(=C(C(=O)c1ccccc1)C(=O)c1ccccc1)N2Br. The minimum absolute atomic E-state index is 0.0862. The summed E-state index contributed by atoms with van der Waals surface area (Å²) < 4.78 is 1.68. The van der Waals surface area contributed by atoms with Crippen LogP contribution in [0.15, 0.2) is 90.3 Å². The molecule has 0 amide bonds. The number of hydrogen-bond acceptors (Lipinski definition) is 4. The average Bonchev–Trinajstić information content (AvgIpc) is 3.04. The van der Waals surface area contributed by atoms with Crippen LogP contribution in [-0.4, -0.2) is 11.6 Å². The highest BCUT2D eigenvalue weighted by molar-refractivity contribution is 9.10. The number of nitrogens with one attached hydrogen (secondary N) is 1. The first-order chi connectivity index (χ1) is 13.6. The monoisotopic (exact) mass is 432 g/mol. The van der Waals surface area contributed by atoms with Crippen LogP contribution in [0, 0.1) is 6.92 Å². The van der Waals surface area contributed by atoms with Crippen LogP contribution in [0.4, 0.5) is 11.4 Å². The Balaban J connectivity index is 1.88. The van der Waals surface area contributed by atoms with Crippen molar-refractivity contribution in [2.75, 3.05) is 9.24 Å². The van der Waals surface area contributed by atoms with E-state index in [1.807, 2.05) is 37.3 Å². The summed E-state index contributed by atoms with van der Waals surface area (Å²) in [4.78, 5) is 26.7. The number of carbonyl (C=O) groups is 2. The first-order valence-corrected chi connectivity index (χ1v) is 9.54. The average molecular weight is 433 g/mol. The van der Waals surface area contributed by atoms with Gasteiger partial charge in [-0.25, -0.2) is 0 Å². The first kappa shape index (κ1) is 18.2. The summed E-state index contributed by atoms with van der Waals surface area (Å²) in [5.41, 5.74) is 3.78. The minimum Gasteiger partial charge on any atom is -0.338 e. The Hall–Kier alpha value is -3.18. The van der Waals surface area contributed by atoms with Crippen molar-refractivity contribution in [2.24, 2.45) is 0 Å². The summed E-state index contributed by atoms with van der Waals surface area (Å²) in [5, 5.41) is 3.24. The predicted molar refractivity (Wildman–Crippen MR) is 115 cm³/mol. The second-order valence-electron chi connectivity index (χ2n) is 6.54. The molecule has 28 heavy (non-hydrogen) atoms. The molecule has 0 spiro atoms. The number of fused-ring (bicyclic) bond motifs is 1. The van der Waals surface area contributed by atoms with Crippen molar-refractivity contribution in [1.29, 1.82) is 0 Å². The summed E-state index contributed by atoms with van der Waals surface area (Å²) >= 11 is 3.52. The molecule has 5 heteroatoms. The van der Waals surface area contributed by atoms with Gasteiger partial charge in [-0.2, -0.15) is 0 Å².